The summed E-state index contributed by atoms with van der Waals surface area (Å²) in [4.78, 5) is 14.0. The van der Waals surface area contributed by atoms with Gasteiger partial charge in [-0.15, -0.1) is 0 Å². The third-order valence-electron chi connectivity index (χ3n) is 2.43. The number of nitrogen functional groups attached to an aromatic ring is 1. The van der Waals surface area contributed by atoms with E-state index >= 15 is 0 Å². The molecule has 0 amide bonds. The van der Waals surface area contributed by atoms with Crippen LogP contribution in [0, 0.1) is 0 Å². The number of aromatic nitrogens is 3. The molecule has 1 atom stereocenters. The van der Waals surface area contributed by atoms with E-state index in [0.29, 0.717) is 5.95 Å². The van der Waals surface area contributed by atoms with Gasteiger partial charge >= 0.3 is 0 Å². The molecule has 1 rings (SSSR count). The summed E-state index contributed by atoms with van der Waals surface area (Å²) in [5.74, 6) is 0.546. The summed E-state index contributed by atoms with van der Waals surface area (Å²) < 4.78 is 0. The molecule has 1 unspecified atom stereocenters. The van der Waals surface area contributed by atoms with Crippen molar-refractivity contribution in [3.05, 3.63) is 5.28 Å². The predicted molar refractivity (Wildman–Crippen MR) is 70.1 cm³/mol. The Kier molecular flexibility index (Phi) is 5.37. The zero-order chi connectivity index (χ0) is 12.8. The second-order valence-corrected chi connectivity index (χ2v) is 4.16. The molecule has 3 N–H and O–H groups in total. The summed E-state index contributed by atoms with van der Waals surface area (Å²) in [6.07, 6.45) is 0. The third-order valence-corrected chi connectivity index (χ3v) is 2.60. The lowest BCUT2D eigenvalue weighted by atomic mass is 10.3. The molecule has 96 valence electrons. The maximum absolute atomic E-state index is 5.70. The first-order chi connectivity index (χ1) is 8.05. The van der Waals surface area contributed by atoms with Crippen LogP contribution in [-0.2, 0) is 0 Å². The van der Waals surface area contributed by atoms with Crippen molar-refractivity contribution < 1.29 is 0 Å². The van der Waals surface area contributed by atoms with E-state index in [-0.39, 0.29) is 17.3 Å². The molecule has 0 radical (unpaired) electrons. The molecule has 1 aromatic heterocycles. The lowest BCUT2D eigenvalue weighted by Gasteiger charge is -2.23. The lowest BCUT2D eigenvalue weighted by Crippen LogP contribution is -2.35. The molecular weight excluding hydrogens is 240 g/mol. The highest BCUT2D eigenvalue weighted by atomic mass is 35.5. The van der Waals surface area contributed by atoms with Crippen molar-refractivity contribution in [2.45, 2.75) is 26.8 Å². The van der Waals surface area contributed by atoms with E-state index in [4.69, 9.17) is 17.3 Å². The van der Waals surface area contributed by atoms with E-state index in [2.05, 4.69) is 45.9 Å². The molecular formula is C10H19ClN6. The van der Waals surface area contributed by atoms with Crippen molar-refractivity contribution in [2.24, 2.45) is 0 Å². The van der Waals surface area contributed by atoms with Gasteiger partial charge in [0, 0.05) is 12.6 Å². The topological polar surface area (TPSA) is 80.0 Å². The molecule has 0 spiro atoms. The van der Waals surface area contributed by atoms with E-state index in [1.165, 1.54) is 0 Å². The first-order valence-corrected chi connectivity index (χ1v) is 6.08. The number of hydrogen-bond donors (Lipinski definition) is 2. The van der Waals surface area contributed by atoms with Crippen LogP contribution in [0.25, 0.3) is 0 Å². The maximum atomic E-state index is 5.70. The van der Waals surface area contributed by atoms with E-state index in [9.17, 15) is 0 Å². The van der Waals surface area contributed by atoms with Crippen LogP contribution < -0.4 is 11.1 Å². The largest absolute Gasteiger partial charge is 0.368 e. The minimum atomic E-state index is 0.107. The average molecular weight is 259 g/mol. The molecule has 0 fully saturated rings. The molecule has 7 heteroatoms. The average Bonchev–Trinajstić information content (AvgIpc) is 2.24. The fraction of sp³-hybridized carbons (Fsp3) is 0.700. The smallest absolute Gasteiger partial charge is 0.229 e. The molecule has 0 saturated heterocycles. The summed E-state index contributed by atoms with van der Waals surface area (Å²) in [5.41, 5.74) is 5.49. The summed E-state index contributed by atoms with van der Waals surface area (Å²) >= 11 is 5.70. The lowest BCUT2D eigenvalue weighted by molar-refractivity contribution is 0.294. The van der Waals surface area contributed by atoms with Gasteiger partial charge in [-0.3, -0.25) is 0 Å². The standard InChI is InChI=1S/C10H19ClN6/c1-4-17(5-2)6-7(3)13-10-15-8(11)14-9(12)16-10/h7H,4-6H2,1-3H3,(H3,12,13,14,15,16). The number of anilines is 2. The Hall–Kier alpha value is -1.14. The number of halogens is 1. The first-order valence-electron chi connectivity index (χ1n) is 5.71. The minimum Gasteiger partial charge on any atom is -0.368 e. The Morgan fingerprint density at radius 1 is 1.29 bits per heavy atom. The molecule has 6 nitrogen and oxygen atoms in total. The number of nitrogens with two attached hydrogens (primary N) is 1. The van der Waals surface area contributed by atoms with Crippen LogP contribution in [0.5, 0.6) is 0 Å². The minimum absolute atomic E-state index is 0.107. The highest BCUT2D eigenvalue weighted by Crippen LogP contribution is 2.08. The van der Waals surface area contributed by atoms with Crippen LogP contribution in [0.4, 0.5) is 11.9 Å². The predicted octanol–water partition coefficient (Wildman–Crippen LogP) is 1.25. The maximum Gasteiger partial charge on any atom is 0.229 e. The normalized spacial score (nSPS) is 12.8. The number of nitrogens with one attached hydrogen (secondary N) is 1. The highest BCUT2D eigenvalue weighted by Gasteiger charge is 2.09. The summed E-state index contributed by atoms with van der Waals surface area (Å²) in [7, 11) is 0. The number of nitrogens with zero attached hydrogens (tertiary/aromatic N) is 4. The van der Waals surface area contributed by atoms with E-state index in [1.54, 1.807) is 0 Å². The highest BCUT2D eigenvalue weighted by molar-refractivity contribution is 6.28. The van der Waals surface area contributed by atoms with Gasteiger partial charge in [-0.25, -0.2) is 0 Å². The van der Waals surface area contributed by atoms with Gasteiger partial charge in [-0.05, 0) is 31.6 Å². The second-order valence-electron chi connectivity index (χ2n) is 3.82. The molecule has 0 bridgehead atoms. The molecule has 0 aliphatic carbocycles. The molecule has 0 aliphatic rings. The monoisotopic (exact) mass is 258 g/mol. The fourth-order valence-electron chi connectivity index (χ4n) is 1.57. The van der Waals surface area contributed by atoms with Crippen molar-refractivity contribution in [1.29, 1.82) is 0 Å². The van der Waals surface area contributed by atoms with Crippen molar-refractivity contribution >= 4 is 23.5 Å². The Morgan fingerprint density at radius 3 is 2.47 bits per heavy atom. The van der Waals surface area contributed by atoms with Crippen molar-refractivity contribution in [1.82, 2.24) is 19.9 Å². The van der Waals surface area contributed by atoms with E-state index in [0.717, 1.165) is 19.6 Å². The molecule has 0 aromatic carbocycles. The Labute approximate surface area is 107 Å². The fourth-order valence-corrected chi connectivity index (χ4v) is 1.73. The summed E-state index contributed by atoms with van der Waals surface area (Å²) in [6, 6.07) is 0.216. The van der Waals surface area contributed by atoms with Gasteiger partial charge in [0.1, 0.15) is 0 Å². The van der Waals surface area contributed by atoms with Crippen molar-refractivity contribution in [2.75, 3.05) is 30.7 Å². The summed E-state index contributed by atoms with van der Waals surface area (Å²) in [5, 5.41) is 3.26. The van der Waals surface area contributed by atoms with Gasteiger partial charge in [0.2, 0.25) is 17.2 Å². The van der Waals surface area contributed by atoms with Gasteiger partial charge in [0.05, 0.1) is 0 Å². The van der Waals surface area contributed by atoms with Gasteiger partial charge < -0.3 is 16.0 Å². The molecule has 0 aliphatic heterocycles. The molecule has 1 aromatic rings. The molecule has 0 saturated carbocycles. The van der Waals surface area contributed by atoms with E-state index in [1.807, 2.05) is 0 Å². The summed E-state index contributed by atoms with van der Waals surface area (Å²) in [6.45, 7) is 9.27. The van der Waals surface area contributed by atoms with Crippen LogP contribution in [0.3, 0.4) is 0 Å². The van der Waals surface area contributed by atoms with Crippen LogP contribution in [-0.4, -0.2) is 45.5 Å². The zero-order valence-corrected chi connectivity index (χ0v) is 11.2. The van der Waals surface area contributed by atoms with Gasteiger partial charge in [0.15, 0.2) is 0 Å². The number of rotatable bonds is 6. The number of hydrogen-bond acceptors (Lipinski definition) is 6. The van der Waals surface area contributed by atoms with Crippen LogP contribution in [0.2, 0.25) is 5.28 Å². The molecule has 1 heterocycles. The van der Waals surface area contributed by atoms with Gasteiger partial charge in [0.25, 0.3) is 0 Å². The molecule has 17 heavy (non-hydrogen) atoms. The zero-order valence-electron chi connectivity index (χ0n) is 10.4. The Bertz CT molecular complexity index is 334. The first kappa shape index (κ1) is 13.9. The van der Waals surface area contributed by atoms with Gasteiger partial charge in [-0.1, -0.05) is 13.8 Å². The quantitative estimate of drug-likeness (QED) is 0.799. The Morgan fingerprint density at radius 2 is 1.94 bits per heavy atom. The SMILES string of the molecule is CCN(CC)CC(C)Nc1nc(N)nc(Cl)n1. The second kappa shape index (κ2) is 6.56. The number of likely N-dealkylation sites (N-methyl/N-ethyl adjacent to an activating group) is 1. The van der Waals surface area contributed by atoms with E-state index < -0.39 is 0 Å². The van der Waals surface area contributed by atoms with Crippen LogP contribution in [0.1, 0.15) is 20.8 Å². The van der Waals surface area contributed by atoms with Crippen molar-refractivity contribution in [3.8, 4) is 0 Å². The van der Waals surface area contributed by atoms with Crippen molar-refractivity contribution in [3.63, 3.8) is 0 Å². The van der Waals surface area contributed by atoms with Crippen LogP contribution >= 0.6 is 11.6 Å². The third kappa shape index (κ3) is 4.70. The Balaban J connectivity index is 2.58. The van der Waals surface area contributed by atoms with Crippen LogP contribution in [0.15, 0.2) is 0 Å². The van der Waals surface area contributed by atoms with Gasteiger partial charge in [-0.2, -0.15) is 15.0 Å².